The van der Waals surface area contributed by atoms with Gasteiger partial charge in [0.25, 0.3) is 0 Å². The van der Waals surface area contributed by atoms with Crippen molar-refractivity contribution in [1.29, 1.82) is 0 Å². The number of carboxylic acid groups (broad SMARTS) is 1. The van der Waals surface area contributed by atoms with Crippen molar-refractivity contribution < 1.29 is 44.7 Å². The number of amides is 2. The van der Waals surface area contributed by atoms with Crippen molar-refractivity contribution in [2.75, 3.05) is 13.1 Å². The van der Waals surface area contributed by atoms with Crippen molar-refractivity contribution in [3.63, 3.8) is 0 Å². The van der Waals surface area contributed by atoms with E-state index in [1.165, 1.54) is 11.0 Å². The molecular formula is C16H22BN3O8. The van der Waals surface area contributed by atoms with Crippen molar-refractivity contribution in [1.82, 2.24) is 4.90 Å². The van der Waals surface area contributed by atoms with Gasteiger partial charge in [0.15, 0.2) is 0 Å². The largest absolute Gasteiger partial charge is 0.669 e. The van der Waals surface area contributed by atoms with Gasteiger partial charge in [-0.3, -0.25) is 10.5 Å². The fraction of sp³-hybridized carbons (Fsp3) is 0.438. The molecule has 152 valence electrons. The van der Waals surface area contributed by atoms with Gasteiger partial charge in [0.1, 0.15) is 17.4 Å². The highest BCUT2D eigenvalue weighted by molar-refractivity contribution is 6.59. The lowest BCUT2D eigenvalue weighted by Gasteiger charge is -2.41. The normalized spacial score (nSPS) is 19.1. The number of nitrogens with zero attached hydrogens (tertiary/aromatic N) is 1. The molecule has 1 aromatic rings. The van der Waals surface area contributed by atoms with E-state index in [1.54, 1.807) is 6.07 Å². The number of fused-ring (bicyclic) bond motifs is 1. The van der Waals surface area contributed by atoms with Crippen LogP contribution in [0, 0.1) is 0 Å². The molecule has 0 aromatic heterocycles. The highest BCUT2D eigenvalue weighted by Crippen LogP contribution is 2.38. The number of nitrogens with two attached hydrogens (primary N) is 1. The maximum atomic E-state index is 12.1. The van der Waals surface area contributed by atoms with E-state index in [0.29, 0.717) is 5.56 Å². The van der Waals surface area contributed by atoms with Crippen LogP contribution in [0.2, 0.25) is 6.32 Å². The van der Waals surface area contributed by atoms with Gasteiger partial charge in [-0.2, -0.15) is 0 Å². The van der Waals surface area contributed by atoms with Crippen LogP contribution in [0.15, 0.2) is 12.1 Å². The van der Waals surface area contributed by atoms with Gasteiger partial charge in [-0.1, -0.05) is 12.4 Å². The fourth-order valence-corrected chi connectivity index (χ4v) is 3.27. The number of aromatic carboxylic acids is 1. The van der Waals surface area contributed by atoms with Gasteiger partial charge in [-0.15, -0.1) is 0 Å². The van der Waals surface area contributed by atoms with Crippen LogP contribution in [0.1, 0.15) is 22.3 Å². The van der Waals surface area contributed by atoms with Crippen LogP contribution in [0.5, 0.6) is 11.5 Å². The first-order valence-electron chi connectivity index (χ1n) is 8.81. The van der Waals surface area contributed by atoms with Gasteiger partial charge >= 0.3 is 18.6 Å². The van der Waals surface area contributed by atoms with E-state index in [1.807, 2.05) is 0 Å². The molecule has 0 radical (unpaired) electrons. The van der Waals surface area contributed by atoms with E-state index >= 15 is 0 Å². The van der Waals surface area contributed by atoms with Crippen LogP contribution >= 0.6 is 0 Å². The van der Waals surface area contributed by atoms with Crippen molar-refractivity contribution in [3.8, 4) is 11.5 Å². The van der Waals surface area contributed by atoms with Crippen molar-refractivity contribution in [2.45, 2.75) is 31.3 Å². The van der Waals surface area contributed by atoms with E-state index in [-0.39, 0.29) is 49.3 Å². The maximum absolute atomic E-state index is 12.1. The number of carbonyl (C=O) groups excluding carboxylic acids is 2. The molecule has 1 saturated heterocycles. The summed E-state index contributed by atoms with van der Waals surface area (Å²) in [5.74, 6) is -2.28. The number of rotatable bonds is 6. The number of hydrogen-bond acceptors (Lipinski definition) is 8. The Morgan fingerprint density at radius 3 is 2.64 bits per heavy atom. The molecule has 12 heteroatoms. The Morgan fingerprint density at radius 2 is 2.04 bits per heavy atom. The summed E-state index contributed by atoms with van der Waals surface area (Å²) in [5.41, 5.74) is 9.10. The second kappa shape index (κ2) is 7.39. The SMILES string of the molecule is N[C@H](CC([NH3+])=O)C(=O)N1CC(Oc2ccc3c(c2C(=O)O)O[B-](O)(O)CC3)C1. The highest BCUT2D eigenvalue weighted by Gasteiger charge is 2.37. The zero-order chi connectivity index (χ0) is 20.6. The summed E-state index contributed by atoms with van der Waals surface area (Å²) < 4.78 is 10.8. The molecule has 1 aromatic carbocycles. The first kappa shape index (κ1) is 20.1. The molecule has 2 amide bonds. The monoisotopic (exact) mass is 395 g/mol. The summed E-state index contributed by atoms with van der Waals surface area (Å²) in [6.07, 6.45) is -0.387. The Hall–Kier alpha value is -2.67. The first-order valence-corrected chi connectivity index (χ1v) is 8.81. The lowest BCUT2D eigenvalue weighted by Crippen LogP contribution is -2.63. The predicted octanol–water partition coefficient (Wildman–Crippen LogP) is -2.68. The summed E-state index contributed by atoms with van der Waals surface area (Å²) in [5, 5.41) is 29.0. The molecule has 0 saturated carbocycles. The molecule has 3 rings (SSSR count). The zero-order valence-corrected chi connectivity index (χ0v) is 15.0. The Kier molecular flexibility index (Phi) is 5.30. The van der Waals surface area contributed by atoms with E-state index in [2.05, 4.69) is 5.73 Å². The number of carbonyl (C=O) groups is 3. The molecule has 0 aliphatic carbocycles. The van der Waals surface area contributed by atoms with Gasteiger partial charge in [0.2, 0.25) is 5.91 Å². The van der Waals surface area contributed by atoms with E-state index in [9.17, 15) is 29.5 Å². The second-order valence-corrected chi connectivity index (χ2v) is 7.08. The minimum absolute atomic E-state index is 0.00841. The number of ether oxygens (including phenoxy) is 1. The smallest absolute Gasteiger partial charge is 0.430 e. The lowest BCUT2D eigenvalue weighted by atomic mass is 9.70. The second-order valence-electron chi connectivity index (χ2n) is 7.08. The Bertz CT molecular complexity index is 824. The summed E-state index contributed by atoms with van der Waals surface area (Å²) in [4.78, 5) is 36.2. The molecule has 1 fully saturated rings. The fourth-order valence-electron chi connectivity index (χ4n) is 3.27. The number of hydrogen-bond donors (Lipinski definition) is 5. The first-order chi connectivity index (χ1) is 13.1. The number of likely N-dealkylation sites (tertiary alicyclic amines) is 1. The molecule has 2 aliphatic heterocycles. The topological polar surface area (TPSA) is 187 Å². The van der Waals surface area contributed by atoms with Crippen LogP contribution in [-0.4, -0.2) is 69.8 Å². The Morgan fingerprint density at radius 1 is 1.36 bits per heavy atom. The maximum Gasteiger partial charge on any atom is 0.430 e. The van der Waals surface area contributed by atoms with Crippen LogP contribution in [0.3, 0.4) is 0 Å². The summed E-state index contributed by atoms with van der Waals surface area (Å²) in [6.45, 7) is -2.76. The lowest BCUT2D eigenvalue weighted by molar-refractivity contribution is -0.306. The summed E-state index contributed by atoms with van der Waals surface area (Å²) in [7, 11) is 0. The van der Waals surface area contributed by atoms with E-state index < -0.39 is 36.7 Å². The minimum Gasteiger partial charge on any atom is -0.669 e. The van der Waals surface area contributed by atoms with Gasteiger partial charge in [-0.05, 0) is 18.1 Å². The molecule has 2 aliphatic rings. The molecule has 11 nitrogen and oxygen atoms in total. The number of quaternary nitrogens is 1. The van der Waals surface area contributed by atoms with Crippen molar-refractivity contribution in [2.24, 2.45) is 5.73 Å². The molecule has 0 bridgehead atoms. The average Bonchev–Trinajstić information content (AvgIpc) is 2.54. The predicted molar refractivity (Wildman–Crippen MR) is 94.2 cm³/mol. The van der Waals surface area contributed by atoms with Gasteiger partial charge < -0.3 is 35.2 Å². The quantitative estimate of drug-likeness (QED) is 0.320. The number of benzene rings is 1. The van der Waals surface area contributed by atoms with Crippen LogP contribution in [-0.2, 0) is 16.0 Å². The third-order valence-corrected chi connectivity index (χ3v) is 4.73. The van der Waals surface area contributed by atoms with E-state index in [4.69, 9.17) is 15.1 Å². The average molecular weight is 395 g/mol. The minimum atomic E-state index is -3.12. The molecule has 8 N–H and O–H groups in total. The van der Waals surface area contributed by atoms with Gasteiger partial charge in [0.05, 0.1) is 31.3 Å². The highest BCUT2D eigenvalue weighted by atomic mass is 16.6. The number of aryl methyl sites for hydroxylation is 1. The van der Waals surface area contributed by atoms with Crippen LogP contribution in [0.4, 0.5) is 0 Å². The summed E-state index contributed by atoms with van der Waals surface area (Å²) in [6, 6.07) is 2.12. The molecule has 0 spiro atoms. The Labute approximate surface area is 159 Å². The summed E-state index contributed by atoms with van der Waals surface area (Å²) >= 11 is 0. The third kappa shape index (κ3) is 4.09. The molecular weight excluding hydrogens is 373 g/mol. The standard InChI is InChI=1S/C16H21BN3O8/c18-10(5-12(19)21)15(22)20-6-9(7-20)27-11-2-1-8-3-4-17(25,26)28-14(8)13(11)16(23)24/h1-2,9-10,25-26H,3-7,18H2,(H2,19,21)(H,23,24)/q-1/p+1/t10-/m1/s1. The van der Waals surface area contributed by atoms with Gasteiger partial charge in [-0.25, -0.2) is 9.59 Å². The van der Waals surface area contributed by atoms with Gasteiger partial charge in [0, 0.05) is 0 Å². The molecule has 0 unspecified atom stereocenters. The Balaban J connectivity index is 1.70. The van der Waals surface area contributed by atoms with Crippen LogP contribution in [0.25, 0.3) is 0 Å². The third-order valence-electron chi connectivity index (χ3n) is 4.73. The van der Waals surface area contributed by atoms with Crippen LogP contribution < -0.4 is 20.9 Å². The van der Waals surface area contributed by atoms with E-state index in [0.717, 1.165) is 0 Å². The van der Waals surface area contributed by atoms with Crippen molar-refractivity contribution in [3.05, 3.63) is 23.3 Å². The molecule has 28 heavy (non-hydrogen) atoms. The molecule has 2 heterocycles. The number of carboxylic acids is 1. The van der Waals surface area contributed by atoms with Crippen molar-refractivity contribution >= 4 is 24.5 Å². The zero-order valence-electron chi connectivity index (χ0n) is 15.0. The molecule has 1 atom stereocenters.